The van der Waals surface area contributed by atoms with Crippen molar-refractivity contribution in [1.82, 2.24) is 9.88 Å². The van der Waals surface area contributed by atoms with Crippen molar-refractivity contribution in [3.63, 3.8) is 0 Å². The maximum Gasteiger partial charge on any atom is 0.259 e. The van der Waals surface area contributed by atoms with E-state index in [-0.39, 0.29) is 23.5 Å². The van der Waals surface area contributed by atoms with E-state index in [2.05, 4.69) is 10.1 Å². The molecular weight excluding hydrogens is 248 g/mol. The number of ether oxygens (including phenoxy) is 1. The molecular formula is C12H18N4O3. The summed E-state index contributed by atoms with van der Waals surface area (Å²) < 4.78 is 5.04. The van der Waals surface area contributed by atoms with Crippen LogP contribution >= 0.6 is 0 Å². The van der Waals surface area contributed by atoms with Crippen molar-refractivity contribution in [2.45, 2.75) is 6.92 Å². The van der Waals surface area contributed by atoms with Crippen LogP contribution in [0.2, 0.25) is 0 Å². The molecule has 0 aromatic carbocycles. The molecule has 1 aromatic rings. The van der Waals surface area contributed by atoms with Gasteiger partial charge in [-0.2, -0.15) is 0 Å². The molecule has 0 radical (unpaired) electrons. The third-order valence-electron chi connectivity index (χ3n) is 2.71. The van der Waals surface area contributed by atoms with E-state index in [0.717, 1.165) is 0 Å². The van der Waals surface area contributed by atoms with Crippen molar-refractivity contribution in [3.05, 3.63) is 23.9 Å². The second kappa shape index (κ2) is 6.58. The quantitative estimate of drug-likeness (QED) is 0.350. The molecule has 1 unspecified atom stereocenters. The van der Waals surface area contributed by atoms with Crippen molar-refractivity contribution in [2.75, 3.05) is 20.7 Å². The number of hydrogen-bond donors (Lipinski definition) is 2. The molecule has 7 nitrogen and oxygen atoms in total. The summed E-state index contributed by atoms with van der Waals surface area (Å²) in [5.74, 6) is -0.127. The summed E-state index contributed by atoms with van der Waals surface area (Å²) in [7, 11) is 3.09. The Morgan fingerprint density at radius 3 is 2.95 bits per heavy atom. The average molecular weight is 266 g/mol. The molecule has 7 heteroatoms. The SMILES string of the molecule is COc1ncccc1C(=O)N(C)CC(C)C(N)=NO. The van der Waals surface area contributed by atoms with E-state index in [4.69, 9.17) is 15.7 Å². The predicted molar refractivity (Wildman–Crippen MR) is 70.3 cm³/mol. The van der Waals surface area contributed by atoms with E-state index in [0.29, 0.717) is 12.1 Å². The summed E-state index contributed by atoms with van der Waals surface area (Å²) in [6.45, 7) is 2.09. The number of amidine groups is 1. The standard InChI is InChI=1S/C12H18N4O3/c1-8(10(13)15-18)7-16(2)12(17)9-5-4-6-14-11(9)19-3/h4-6,8,18H,7H2,1-3H3,(H2,13,15). The second-order valence-corrected chi connectivity index (χ2v) is 4.17. The van der Waals surface area contributed by atoms with Crippen LogP contribution in [0.5, 0.6) is 5.88 Å². The number of oxime groups is 1. The number of hydrogen-bond acceptors (Lipinski definition) is 5. The van der Waals surface area contributed by atoms with Crippen LogP contribution in [-0.2, 0) is 0 Å². The lowest BCUT2D eigenvalue weighted by atomic mass is 10.1. The first-order valence-corrected chi connectivity index (χ1v) is 5.73. The number of amides is 1. The summed E-state index contributed by atoms with van der Waals surface area (Å²) in [5.41, 5.74) is 5.86. The van der Waals surface area contributed by atoms with Crippen LogP contribution in [0.3, 0.4) is 0 Å². The molecule has 0 aliphatic heterocycles. The van der Waals surface area contributed by atoms with Gasteiger partial charge in [0, 0.05) is 25.7 Å². The summed E-state index contributed by atoms with van der Waals surface area (Å²) in [6, 6.07) is 3.30. The molecule has 0 saturated heterocycles. The average Bonchev–Trinajstić information content (AvgIpc) is 2.45. The van der Waals surface area contributed by atoms with Crippen LogP contribution < -0.4 is 10.5 Å². The van der Waals surface area contributed by atoms with Crippen molar-refractivity contribution in [2.24, 2.45) is 16.8 Å². The van der Waals surface area contributed by atoms with Crippen molar-refractivity contribution in [3.8, 4) is 5.88 Å². The lowest BCUT2D eigenvalue weighted by Gasteiger charge is -2.21. The van der Waals surface area contributed by atoms with Crippen LogP contribution in [0.15, 0.2) is 23.5 Å². The highest BCUT2D eigenvalue weighted by Crippen LogP contribution is 2.16. The zero-order valence-electron chi connectivity index (χ0n) is 11.2. The van der Waals surface area contributed by atoms with E-state index in [1.165, 1.54) is 12.0 Å². The molecule has 1 heterocycles. The van der Waals surface area contributed by atoms with Crippen molar-refractivity contribution in [1.29, 1.82) is 0 Å². The maximum absolute atomic E-state index is 12.2. The van der Waals surface area contributed by atoms with E-state index >= 15 is 0 Å². The molecule has 3 N–H and O–H groups in total. The summed E-state index contributed by atoms with van der Waals surface area (Å²) in [4.78, 5) is 17.7. The van der Waals surface area contributed by atoms with Crippen LogP contribution in [0.4, 0.5) is 0 Å². The van der Waals surface area contributed by atoms with Gasteiger partial charge >= 0.3 is 0 Å². The number of pyridine rings is 1. The molecule has 1 amide bonds. The number of aromatic nitrogens is 1. The fraction of sp³-hybridized carbons (Fsp3) is 0.417. The summed E-state index contributed by atoms with van der Waals surface area (Å²) >= 11 is 0. The summed E-state index contributed by atoms with van der Waals surface area (Å²) in [5, 5.41) is 11.5. The zero-order chi connectivity index (χ0) is 14.4. The highest BCUT2D eigenvalue weighted by molar-refractivity contribution is 5.96. The molecule has 0 aliphatic rings. The van der Waals surface area contributed by atoms with Crippen LogP contribution in [-0.4, -0.2) is 47.5 Å². The Morgan fingerprint density at radius 1 is 1.68 bits per heavy atom. The molecule has 1 atom stereocenters. The molecule has 0 bridgehead atoms. The first-order chi connectivity index (χ1) is 9.01. The first kappa shape index (κ1) is 14.7. The Morgan fingerprint density at radius 2 is 2.37 bits per heavy atom. The molecule has 1 rings (SSSR count). The highest BCUT2D eigenvalue weighted by Gasteiger charge is 2.20. The number of methoxy groups -OCH3 is 1. The maximum atomic E-state index is 12.2. The van der Waals surface area contributed by atoms with Gasteiger partial charge in [0.1, 0.15) is 11.4 Å². The number of nitrogens with two attached hydrogens (primary N) is 1. The Balaban J connectivity index is 2.82. The van der Waals surface area contributed by atoms with Gasteiger partial charge in [-0.1, -0.05) is 12.1 Å². The van der Waals surface area contributed by atoms with Crippen LogP contribution in [0.1, 0.15) is 17.3 Å². The lowest BCUT2D eigenvalue weighted by molar-refractivity contribution is 0.0782. The van der Waals surface area contributed by atoms with E-state index in [1.54, 1.807) is 32.3 Å². The van der Waals surface area contributed by atoms with Gasteiger partial charge in [-0.25, -0.2) is 4.98 Å². The first-order valence-electron chi connectivity index (χ1n) is 5.73. The normalized spacial score (nSPS) is 12.9. The molecule has 19 heavy (non-hydrogen) atoms. The second-order valence-electron chi connectivity index (χ2n) is 4.17. The topological polar surface area (TPSA) is 101 Å². The minimum atomic E-state index is -0.249. The minimum Gasteiger partial charge on any atom is -0.480 e. The van der Waals surface area contributed by atoms with Crippen LogP contribution in [0.25, 0.3) is 0 Å². The van der Waals surface area contributed by atoms with Gasteiger partial charge in [0.15, 0.2) is 0 Å². The number of nitrogens with zero attached hydrogens (tertiary/aromatic N) is 3. The Bertz CT molecular complexity index is 476. The van der Waals surface area contributed by atoms with Gasteiger partial charge in [0.2, 0.25) is 5.88 Å². The Hall–Kier alpha value is -2.31. The Labute approximate surface area is 111 Å². The van der Waals surface area contributed by atoms with Gasteiger partial charge in [0.25, 0.3) is 5.91 Å². The summed E-state index contributed by atoms with van der Waals surface area (Å²) in [6.07, 6.45) is 1.55. The Kier molecular flexibility index (Phi) is 5.11. The van der Waals surface area contributed by atoms with Crippen molar-refractivity contribution >= 4 is 11.7 Å². The van der Waals surface area contributed by atoms with Crippen molar-refractivity contribution < 1.29 is 14.7 Å². The third kappa shape index (κ3) is 3.57. The van der Waals surface area contributed by atoms with Crippen LogP contribution in [0, 0.1) is 5.92 Å². The van der Waals surface area contributed by atoms with Gasteiger partial charge in [-0.3, -0.25) is 4.79 Å². The smallest absolute Gasteiger partial charge is 0.259 e. The highest BCUT2D eigenvalue weighted by atomic mass is 16.5. The fourth-order valence-corrected chi connectivity index (χ4v) is 1.61. The largest absolute Gasteiger partial charge is 0.480 e. The van der Waals surface area contributed by atoms with Gasteiger partial charge in [-0.05, 0) is 12.1 Å². The van der Waals surface area contributed by atoms with Gasteiger partial charge in [-0.15, -0.1) is 0 Å². The molecule has 0 saturated carbocycles. The zero-order valence-corrected chi connectivity index (χ0v) is 11.2. The lowest BCUT2D eigenvalue weighted by Crippen LogP contribution is -2.36. The number of rotatable bonds is 5. The third-order valence-corrected chi connectivity index (χ3v) is 2.71. The number of carbonyl (C=O) groups excluding carboxylic acids is 1. The minimum absolute atomic E-state index is 0.0813. The molecule has 0 spiro atoms. The van der Waals surface area contributed by atoms with E-state index < -0.39 is 0 Å². The molecule has 104 valence electrons. The van der Waals surface area contributed by atoms with Gasteiger partial charge < -0.3 is 20.6 Å². The number of carbonyl (C=O) groups is 1. The van der Waals surface area contributed by atoms with E-state index in [9.17, 15) is 4.79 Å². The predicted octanol–water partition coefficient (Wildman–Crippen LogP) is 0.545. The molecule has 1 aromatic heterocycles. The van der Waals surface area contributed by atoms with E-state index in [1.807, 2.05) is 0 Å². The van der Waals surface area contributed by atoms with Gasteiger partial charge in [0.05, 0.1) is 7.11 Å². The monoisotopic (exact) mass is 266 g/mol. The molecule has 0 aliphatic carbocycles. The molecule has 0 fully saturated rings. The fourth-order valence-electron chi connectivity index (χ4n) is 1.61.